The minimum absolute atomic E-state index is 0. The molecule has 0 aromatic carbocycles. The van der Waals surface area contributed by atoms with Gasteiger partial charge in [0.2, 0.25) is 0 Å². The van der Waals surface area contributed by atoms with Crippen molar-refractivity contribution in [3.8, 4) is 0 Å². The number of carbonyl (C=O) groups is 1. The molecule has 6 saturated carbocycles. The third-order valence-corrected chi connectivity index (χ3v) is 15.0. The summed E-state index contributed by atoms with van der Waals surface area (Å²) in [6, 6.07) is 0. The standard InChI is InChI=1S/C36H57NO6.H2/c1-32(2)27-11-9-22-24-18-26-23(8-10-25(41-26)30(33(3,4)39)43-31(38)21-6-7-21)34(24,5)14-15-35(22)20-36(27,35)13-12-28(32)42-29-19-37-16-17-40-29;/h21-30,37,39H,6-20H2,1-5H3;1H/t22?,23?,24?,25?,26?,27?,28-,29?,30-,34?,35-,36+;/m0./s1. The van der Waals surface area contributed by atoms with E-state index < -0.39 is 11.7 Å². The van der Waals surface area contributed by atoms with Gasteiger partial charge in [-0.05, 0) is 136 Å². The summed E-state index contributed by atoms with van der Waals surface area (Å²) in [5.41, 5.74) is 0.381. The number of ether oxygens (including phenoxy) is 4. The quantitative estimate of drug-likeness (QED) is 0.369. The van der Waals surface area contributed by atoms with Crippen molar-refractivity contribution in [1.82, 2.24) is 5.32 Å². The van der Waals surface area contributed by atoms with Gasteiger partial charge in [0.15, 0.2) is 12.4 Å². The van der Waals surface area contributed by atoms with E-state index in [2.05, 4.69) is 26.1 Å². The van der Waals surface area contributed by atoms with Crippen molar-refractivity contribution in [3.63, 3.8) is 0 Å². The first kappa shape index (κ1) is 29.7. The van der Waals surface area contributed by atoms with Crippen LogP contribution in [0.5, 0.6) is 0 Å². The van der Waals surface area contributed by atoms with E-state index in [4.69, 9.17) is 18.9 Å². The molecular formula is C36H59NO6. The Morgan fingerprint density at radius 1 is 0.977 bits per heavy atom. The Bertz CT molecular complexity index is 1120. The monoisotopic (exact) mass is 601 g/mol. The third-order valence-electron chi connectivity index (χ3n) is 15.0. The van der Waals surface area contributed by atoms with Crippen LogP contribution in [-0.2, 0) is 23.7 Å². The zero-order chi connectivity index (χ0) is 30.0. The molecule has 2 spiro atoms. The van der Waals surface area contributed by atoms with Gasteiger partial charge in [-0.3, -0.25) is 4.79 Å². The number of carbonyl (C=O) groups excluding carboxylic acids is 1. The second-order valence-corrected chi connectivity index (χ2v) is 17.7. The first-order valence-corrected chi connectivity index (χ1v) is 18.0. The largest absolute Gasteiger partial charge is 0.456 e. The Balaban J connectivity index is 0.00000312. The number of esters is 1. The molecule has 12 atom stereocenters. The number of rotatable bonds is 6. The molecule has 0 aromatic rings. The van der Waals surface area contributed by atoms with Gasteiger partial charge in [-0.15, -0.1) is 0 Å². The number of nitrogens with one attached hydrogen (secondary N) is 1. The highest BCUT2D eigenvalue weighted by molar-refractivity contribution is 5.75. The van der Waals surface area contributed by atoms with Gasteiger partial charge in [0, 0.05) is 14.5 Å². The van der Waals surface area contributed by atoms with Crippen molar-refractivity contribution in [2.24, 2.45) is 51.2 Å². The SMILES string of the molecule is CC12CC[C@@]34C[C@@]35CC[C@H](OC3CNCCO3)C(C)(C)C5CCC4C1CC1OC([C@H](OC(=O)C3CC3)C(C)(C)O)CCC12.[HH]. The van der Waals surface area contributed by atoms with Crippen molar-refractivity contribution in [3.05, 3.63) is 0 Å². The Morgan fingerprint density at radius 2 is 1.77 bits per heavy atom. The number of hydrogen-bond donors (Lipinski definition) is 2. The normalized spacial score (nSPS) is 50.7. The highest BCUT2D eigenvalue weighted by Crippen LogP contribution is 2.87. The summed E-state index contributed by atoms with van der Waals surface area (Å²) in [7, 11) is 0. The molecule has 7 heteroatoms. The smallest absolute Gasteiger partial charge is 0.309 e. The lowest BCUT2D eigenvalue weighted by Gasteiger charge is -2.60. The van der Waals surface area contributed by atoms with Crippen LogP contribution in [0.1, 0.15) is 113 Å². The summed E-state index contributed by atoms with van der Waals surface area (Å²) in [5.74, 6) is 2.69. The van der Waals surface area contributed by atoms with Crippen LogP contribution < -0.4 is 5.32 Å². The van der Waals surface area contributed by atoms with Gasteiger partial charge >= 0.3 is 5.97 Å². The van der Waals surface area contributed by atoms with Crippen molar-refractivity contribution >= 4 is 5.97 Å². The van der Waals surface area contributed by atoms with Crippen LogP contribution >= 0.6 is 0 Å². The predicted octanol–water partition coefficient (Wildman–Crippen LogP) is 5.86. The summed E-state index contributed by atoms with van der Waals surface area (Å²) in [5, 5.41) is 14.5. The zero-order valence-corrected chi connectivity index (χ0v) is 27.4. The Labute approximate surface area is 260 Å². The molecule has 43 heavy (non-hydrogen) atoms. The number of fused-ring (bicyclic) bond motifs is 4. The molecular weight excluding hydrogens is 542 g/mol. The lowest BCUT2D eigenvalue weighted by molar-refractivity contribution is -0.232. The van der Waals surface area contributed by atoms with Gasteiger partial charge in [0.25, 0.3) is 0 Å². The molecule has 0 radical (unpaired) electrons. The van der Waals surface area contributed by atoms with Crippen molar-refractivity contribution < 1.29 is 30.3 Å². The van der Waals surface area contributed by atoms with E-state index in [1.54, 1.807) is 13.8 Å². The molecule has 8 rings (SSSR count). The summed E-state index contributed by atoms with van der Waals surface area (Å²) >= 11 is 0. The van der Waals surface area contributed by atoms with Crippen LogP contribution in [0.2, 0.25) is 0 Å². The summed E-state index contributed by atoms with van der Waals surface area (Å²) < 4.78 is 25.6. The van der Waals surface area contributed by atoms with E-state index in [1.807, 2.05) is 0 Å². The lowest BCUT2D eigenvalue weighted by Crippen LogP contribution is -2.56. The van der Waals surface area contributed by atoms with Gasteiger partial charge in [-0.2, -0.15) is 0 Å². The molecule has 6 aliphatic carbocycles. The van der Waals surface area contributed by atoms with Crippen molar-refractivity contribution in [2.45, 2.75) is 148 Å². The van der Waals surface area contributed by atoms with Crippen LogP contribution in [-0.4, -0.2) is 67.1 Å². The van der Waals surface area contributed by atoms with E-state index in [0.717, 1.165) is 70.1 Å². The fourth-order valence-corrected chi connectivity index (χ4v) is 12.7. The van der Waals surface area contributed by atoms with Crippen LogP contribution in [0, 0.1) is 51.2 Å². The van der Waals surface area contributed by atoms with Crippen LogP contribution in [0.3, 0.4) is 0 Å². The molecule has 2 saturated heterocycles. The Morgan fingerprint density at radius 3 is 2.49 bits per heavy atom. The van der Waals surface area contributed by atoms with Crippen LogP contribution in [0.25, 0.3) is 0 Å². The Hall–Kier alpha value is -0.730. The summed E-state index contributed by atoms with van der Waals surface area (Å²) in [6.07, 6.45) is 13.8. The highest BCUT2D eigenvalue weighted by Gasteiger charge is 2.80. The van der Waals surface area contributed by atoms with Crippen molar-refractivity contribution in [1.29, 1.82) is 0 Å². The molecule has 244 valence electrons. The second-order valence-electron chi connectivity index (χ2n) is 17.7. The maximum Gasteiger partial charge on any atom is 0.309 e. The minimum atomic E-state index is -1.12. The topological polar surface area (TPSA) is 86.3 Å². The fraction of sp³-hybridized carbons (Fsp3) is 0.972. The lowest BCUT2D eigenvalue weighted by atomic mass is 9.46. The first-order valence-electron chi connectivity index (χ1n) is 18.0. The van der Waals surface area contributed by atoms with Crippen LogP contribution in [0.15, 0.2) is 0 Å². The average molecular weight is 602 g/mol. The second kappa shape index (κ2) is 9.89. The van der Waals surface area contributed by atoms with Crippen LogP contribution in [0.4, 0.5) is 0 Å². The number of morpholine rings is 1. The number of hydrogen-bond acceptors (Lipinski definition) is 7. The highest BCUT2D eigenvalue weighted by atomic mass is 16.7. The zero-order valence-electron chi connectivity index (χ0n) is 27.4. The fourth-order valence-electron chi connectivity index (χ4n) is 12.7. The summed E-state index contributed by atoms with van der Waals surface area (Å²) in [4.78, 5) is 12.7. The molecule has 8 fully saturated rings. The van der Waals surface area contributed by atoms with Gasteiger partial charge < -0.3 is 29.4 Å². The van der Waals surface area contributed by atoms with E-state index in [9.17, 15) is 9.90 Å². The van der Waals surface area contributed by atoms with Gasteiger partial charge in [-0.1, -0.05) is 20.8 Å². The first-order chi connectivity index (χ1) is 20.4. The summed E-state index contributed by atoms with van der Waals surface area (Å²) in [6.45, 7) is 13.6. The van der Waals surface area contributed by atoms with E-state index in [1.165, 1.54) is 38.5 Å². The molecule has 7 nitrogen and oxygen atoms in total. The maximum atomic E-state index is 12.7. The van der Waals surface area contributed by atoms with E-state index in [0.29, 0.717) is 28.1 Å². The maximum absolute atomic E-state index is 12.7. The van der Waals surface area contributed by atoms with Gasteiger partial charge in [0.05, 0.1) is 36.4 Å². The predicted molar refractivity (Wildman–Crippen MR) is 164 cm³/mol. The molecule has 2 N–H and O–H groups in total. The van der Waals surface area contributed by atoms with Gasteiger partial charge in [-0.25, -0.2) is 0 Å². The minimum Gasteiger partial charge on any atom is -0.456 e. The van der Waals surface area contributed by atoms with E-state index >= 15 is 0 Å². The molecule has 0 amide bonds. The number of aliphatic hydroxyl groups is 1. The van der Waals surface area contributed by atoms with Gasteiger partial charge in [0.1, 0.15) is 0 Å². The average Bonchev–Trinajstić information content (AvgIpc) is 3.88. The molecule has 8 unspecified atom stereocenters. The molecule has 2 aliphatic heterocycles. The molecule has 8 aliphatic rings. The molecule has 2 heterocycles. The molecule has 0 bridgehead atoms. The Kier molecular flexibility index (Phi) is 6.82. The van der Waals surface area contributed by atoms with Crippen molar-refractivity contribution in [2.75, 3.05) is 19.7 Å². The molecule has 0 aromatic heterocycles. The van der Waals surface area contributed by atoms with E-state index in [-0.39, 0.29) is 43.3 Å². The third kappa shape index (κ3) is 4.40.